The number of fused-ring (bicyclic) bond motifs is 1. The Kier molecular flexibility index (Phi) is 8.02. The molecule has 230 valence electrons. The number of aromatic nitrogens is 3. The summed E-state index contributed by atoms with van der Waals surface area (Å²) in [6, 6.07) is 11.6. The van der Waals surface area contributed by atoms with Crippen molar-refractivity contribution >= 4 is 39.1 Å². The van der Waals surface area contributed by atoms with E-state index in [4.69, 9.17) is 14.9 Å². The quantitative estimate of drug-likeness (QED) is 0.186. The monoisotopic (exact) mass is 625 g/mol. The topological polar surface area (TPSA) is 125 Å². The summed E-state index contributed by atoms with van der Waals surface area (Å²) >= 11 is 0.662. The minimum Gasteiger partial charge on any atom is -0.486 e. The number of rotatable bonds is 8. The van der Waals surface area contributed by atoms with Crippen LogP contribution in [-0.4, -0.2) is 26.6 Å². The third-order valence-corrected chi connectivity index (χ3v) is 8.06. The van der Waals surface area contributed by atoms with Crippen molar-refractivity contribution in [2.75, 3.05) is 5.32 Å². The molecule has 4 heterocycles. The van der Waals surface area contributed by atoms with Crippen LogP contribution in [0.3, 0.4) is 0 Å². The lowest BCUT2D eigenvalue weighted by Crippen LogP contribution is -2.16. The number of nitrogens with one attached hydrogen (secondary N) is 1. The first-order valence-electron chi connectivity index (χ1n) is 13.7. The number of pyridine rings is 1. The number of benzene rings is 1. The smallest absolute Gasteiger partial charge is 0.433 e. The summed E-state index contributed by atoms with van der Waals surface area (Å²) in [4.78, 5) is 29.3. The van der Waals surface area contributed by atoms with Gasteiger partial charge in [-0.2, -0.15) is 18.3 Å². The lowest BCUT2D eigenvalue weighted by atomic mass is 9.87. The molecule has 0 aliphatic carbocycles. The van der Waals surface area contributed by atoms with Gasteiger partial charge in [-0.1, -0.05) is 32.9 Å². The van der Waals surface area contributed by atoms with Gasteiger partial charge in [-0.05, 0) is 60.7 Å². The number of aryl methyl sites for hydroxylation is 2. The zero-order valence-corrected chi connectivity index (χ0v) is 25.4. The molecular weight excluding hydrogens is 595 g/mol. The predicted octanol–water partition coefficient (Wildman–Crippen LogP) is 7.33. The SMILES string of the molecule is CCn1cc(-c2cc(C(F)(F)F)nc3sc(C(N)=O)c(NC(=O)c4ccc(COc5ccc(C(C)(C)C)cc5)o4)c23)c(C)n1. The molecule has 0 atom stereocenters. The van der Waals surface area contributed by atoms with Crippen molar-refractivity contribution in [1.82, 2.24) is 14.8 Å². The maximum absolute atomic E-state index is 13.9. The Bertz CT molecular complexity index is 1860. The number of nitrogens with two attached hydrogens (primary N) is 1. The fourth-order valence-corrected chi connectivity index (χ4v) is 5.66. The Morgan fingerprint density at radius 1 is 1.09 bits per heavy atom. The molecule has 9 nitrogen and oxygen atoms in total. The van der Waals surface area contributed by atoms with Crippen LogP contribution < -0.4 is 15.8 Å². The summed E-state index contributed by atoms with van der Waals surface area (Å²) in [7, 11) is 0. The second-order valence-corrected chi connectivity index (χ2v) is 12.2. The number of anilines is 1. The van der Waals surface area contributed by atoms with E-state index in [0.717, 1.165) is 11.6 Å². The molecule has 0 saturated carbocycles. The Morgan fingerprint density at radius 2 is 1.80 bits per heavy atom. The van der Waals surface area contributed by atoms with Crippen LogP contribution in [0.4, 0.5) is 18.9 Å². The van der Waals surface area contributed by atoms with Gasteiger partial charge in [0, 0.05) is 23.7 Å². The van der Waals surface area contributed by atoms with E-state index in [1.165, 1.54) is 6.07 Å². The Balaban J connectivity index is 1.47. The van der Waals surface area contributed by atoms with Crippen molar-refractivity contribution in [1.29, 1.82) is 0 Å². The lowest BCUT2D eigenvalue weighted by Gasteiger charge is -2.19. The van der Waals surface area contributed by atoms with E-state index >= 15 is 0 Å². The highest BCUT2D eigenvalue weighted by Crippen LogP contribution is 2.44. The van der Waals surface area contributed by atoms with E-state index in [9.17, 15) is 22.8 Å². The first kappa shape index (κ1) is 30.8. The van der Waals surface area contributed by atoms with Gasteiger partial charge in [-0.25, -0.2) is 4.98 Å². The number of halogens is 3. The number of hydrogen-bond acceptors (Lipinski definition) is 7. The molecule has 1 aromatic carbocycles. The van der Waals surface area contributed by atoms with Gasteiger partial charge in [-0.15, -0.1) is 11.3 Å². The van der Waals surface area contributed by atoms with Crippen LogP contribution in [0.5, 0.6) is 5.75 Å². The minimum absolute atomic E-state index is 0.00225. The molecule has 0 bridgehead atoms. The van der Waals surface area contributed by atoms with Gasteiger partial charge in [0.15, 0.2) is 5.76 Å². The Labute approximate surface area is 254 Å². The number of furan rings is 1. The summed E-state index contributed by atoms with van der Waals surface area (Å²) in [5.74, 6) is -0.788. The maximum Gasteiger partial charge on any atom is 0.433 e. The molecule has 0 fully saturated rings. The van der Waals surface area contributed by atoms with Gasteiger partial charge in [-0.3, -0.25) is 14.3 Å². The van der Waals surface area contributed by atoms with E-state index in [0.29, 0.717) is 40.6 Å². The third-order valence-electron chi connectivity index (χ3n) is 6.96. The number of amides is 2. The minimum atomic E-state index is -4.76. The Morgan fingerprint density at radius 3 is 2.39 bits per heavy atom. The van der Waals surface area contributed by atoms with Crippen molar-refractivity contribution < 1.29 is 31.9 Å². The van der Waals surface area contributed by atoms with Gasteiger partial charge in [0.1, 0.15) is 33.5 Å². The number of carbonyl (C=O) groups excluding carboxylic acids is 2. The van der Waals surface area contributed by atoms with Crippen molar-refractivity contribution in [3.8, 4) is 16.9 Å². The molecule has 3 N–H and O–H groups in total. The highest BCUT2D eigenvalue weighted by atomic mass is 32.1. The molecule has 13 heteroatoms. The second-order valence-electron chi connectivity index (χ2n) is 11.2. The number of nitrogens with zero attached hydrogens (tertiary/aromatic N) is 3. The molecule has 0 saturated heterocycles. The van der Waals surface area contributed by atoms with Crippen LogP contribution in [0.2, 0.25) is 0 Å². The van der Waals surface area contributed by atoms with E-state index in [2.05, 4.69) is 36.2 Å². The van der Waals surface area contributed by atoms with Crippen LogP contribution in [0.1, 0.15) is 70.6 Å². The Hall–Kier alpha value is -4.65. The zero-order valence-electron chi connectivity index (χ0n) is 24.6. The second kappa shape index (κ2) is 11.5. The van der Waals surface area contributed by atoms with Crippen LogP contribution in [0.25, 0.3) is 21.3 Å². The van der Waals surface area contributed by atoms with E-state index in [-0.39, 0.29) is 44.1 Å². The van der Waals surface area contributed by atoms with Crippen molar-refractivity contribution in [2.24, 2.45) is 5.73 Å². The summed E-state index contributed by atoms with van der Waals surface area (Å²) in [6.07, 6.45) is -3.16. The molecule has 0 unspecified atom stereocenters. The normalized spacial score (nSPS) is 12.1. The lowest BCUT2D eigenvalue weighted by molar-refractivity contribution is -0.140. The number of ether oxygens (including phenoxy) is 1. The summed E-state index contributed by atoms with van der Waals surface area (Å²) in [5.41, 5.74) is 6.50. The highest BCUT2D eigenvalue weighted by Gasteiger charge is 2.35. The van der Waals surface area contributed by atoms with Crippen LogP contribution in [-0.2, 0) is 24.7 Å². The third kappa shape index (κ3) is 6.18. The fourth-order valence-electron chi connectivity index (χ4n) is 4.65. The number of primary amides is 1. The molecule has 5 aromatic rings. The summed E-state index contributed by atoms with van der Waals surface area (Å²) in [5, 5.41) is 7.13. The van der Waals surface area contributed by atoms with Crippen molar-refractivity contribution in [2.45, 2.75) is 59.4 Å². The molecule has 44 heavy (non-hydrogen) atoms. The number of alkyl halides is 3. The number of hydrogen-bond donors (Lipinski definition) is 2. The van der Waals surface area contributed by atoms with Gasteiger partial charge in [0.2, 0.25) is 0 Å². The molecule has 4 aromatic heterocycles. The van der Waals surface area contributed by atoms with Crippen LogP contribution >= 0.6 is 11.3 Å². The molecule has 0 aliphatic heterocycles. The molecule has 5 rings (SSSR count). The molecular formula is C31H30F3N5O4S. The maximum atomic E-state index is 13.9. The molecule has 0 aliphatic rings. The first-order valence-corrected chi connectivity index (χ1v) is 14.5. The van der Waals surface area contributed by atoms with Gasteiger partial charge < -0.3 is 20.2 Å². The molecule has 0 radical (unpaired) electrons. The van der Waals surface area contributed by atoms with Gasteiger partial charge in [0.05, 0.1) is 11.4 Å². The number of carbonyl (C=O) groups is 2. The first-order chi connectivity index (χ1) is 20.7. The molecule has 2 amide bonds. The summed E-state index contributed by atoms with van der Waals surface area (Å²) < 4.78 is 54.6. The van der Waals surface area contributed by atoms with Gasteiger partial charge in [0.25, 0.3) is 11.8 Å². The molecule has 0 spiro atoms. The summed E-state index contributed by atoms with van der Waals surface area (Å²) in [6.45, 7) is 10.4. The van der Waals surface area contributed by atoms with E-state index < -0.39 is 23.7 Å². The van der Waals surface area contributed by atoms with Gasteiger partial charge >= 0.3 is 6.18 Å². The van der Waals surface area contributed by atoms with Crippen LogP contribution in [0, 0.1) is 6.92 Å². The van der Waals surface area contributed by atoms with E-state index in [1.807, 2.05) is 31.2 Å². The fraction of sp³-hybridized carbons (Fsp3) is 0.290. The van der Waals surface area contributed by atoms with E-state index in [1.54, 1.807) is 23.9 Å². The highest BCUT2D eigenvalue weighted by molar-refractivity contribution is 7.21. The average Bonchev–Trinajstić information content (AvgIpc) is 3.68. The van der Waals surface area contributed by atoms with Crippen molar-refractivity contribution in [3.05, 3.63) is 82.0 Å². The standard InChI is InChI=1S/C31H30F3N5O4S/c1-6-39-14-21(16(2)38-39)20-13-23(31(32,33)34)36-29-24(20)25(26(44-29)27(35)40)37-28(41)22-12-11-19(43-22)15-42-18-9-7-17(8-10-18)30(3,4)5/h7-14H,6,15H2,1-5H3,(H2,35,40)(H,37,41). The largest absolute Gasteiger partial charge is 0.486 e. The average molecular weight is 626 g/mol. The number of thiophene rings is 1. The van der Waals surface area contributed by atoms with Crippen molar-refractivity contribution in [3.63, 3.8) is 0 Å². The zero-order chi connectivity index (χ0) is 32.0. The van der Waals surface area contributed by atoms with Crippen LogP contribution in [0.15, 0.2) is 53.1 Å². The predicted molar refractivity (Wildman–Crippen MR) is 161 cm³/mol.